The lowest BCUT2D eigenvalue weighted by atomic mass is 10.2. The molecule has 1 aliphatic rings. The molecule has 0 aliphatic carbocycles. The Labute approximate surface area is 115 Å². The molecule has 0 radical (unpaired) electrons. The summed E-state index contributed by atoms with van der Waals surface area (Å²) in [4.78, 5) is 15.7. The number of anilines is 1. The Kier molecular flexibility index (Phi) is 4.56. The van der Waals surface area contributed by atoms with Crippen LogP contribution in [0.15, 0.2) is 24.3 Å². The summed E-state index contributed by atoms with van der Waals surface area (Å²) in [5.41, 5.74) is 2.16. The molecule has 1 aromatic carbocycles. The van der Waals surface area contributed by atoms with Crippen molar-refractivity contribution in [2.45, 2.75) is 25.9 Å². The molecule has 1 aliphatic heterocycles. The van der Waals surface area contributed by atoms with Gasteiger partial charge in [0.05, 0.1) is 0 Å². The van der Waals surface area contributed by atoms with Crippen molar-refractivity contribution in [3.63, 3.8) is 0 Å². The van der Waals surface area contributed by atoms with E-state index >= 15 is 0 Å². The van der Waals surface area contributed by atoms with E-state index < -0.39 is 0 Å². The zero-order valence-corrected chi connectivity index (χ0v) is 12.0. The number of nitrogens with one attached hydrogen (secondary N) is 1. The standard InChI is InChI=1S/C15H23N3O/c1-12(19)16-14-6-4-13(5-7-14)10-18-9-8-15(11-18)17(2)3/h4-7,15H,8-11H2,1-3H3,(H,16,19)/t15-/m1/s1. The van der Waals surface area contributed by atoms with Crippen LogP contribution in [0.1, 0.15) is 18.9 Å². The van der Waals surface area contributed by atoms with Gasteiger partial charge in [-0.3, -0.25) is 9.69 Å². The van der Waals surface area contributed by atoms with E-state index in [2.05, 4.69) is 41.3 Å². The molecule has 1 atom stereocenters. The predicted molar refractivity (Wildman–Crippen MR) is 78.1 cm³/mol. The first kappa shape index (κ1) is 14.0. The van der Waals surface area contributed by atoms with Gasteiger partial charge in [-0.05, 0) is 38.2 Å². The summed E-state index contributed by atoms with van der Waals surface area (Å²) in [6.45, 7) is 4.82. The largest absolute Gasteiger partial charge is 0.326 e. The highest BCUT2D eigenvalue weighted by Gasteiger charge is 2.23. The molecular formula is C15H23N3O. The van der Waals surface area contributed by atoms with Crippen molar-refractivity contribution in [1.29, 1.82) is 0 Å². The Morgan fingerprint density at radius 3 is 2.58 bits per heavy atom. The van der Waals surface area contributed by atoms with E-state index in [1.165, 1.54) is 18.9 Å². The van der Waals surface area contributed by atoms with E-state index in [9.17, 15) is 4.79 Å². The molecule has 0 bridgehead atoms. The van der Waals surface area contributed by atoms with Gasteiger partial charge in [-0.25, -0.2) is 0 Å². The summed E-state index contributed by atoms with van der Waals surface area (Å²) < 4.78 is 0. The number of hydrogen-bond donors (Lipinski definition) is 1. The van der Waals surface area contributed by atoms with Crippen LogP contribution in [0.25, 0.3) is 0 Å². The fourth-order valence-electron chi connectivity index (χ4n) is 2.53. The van der Waals surface area contributed by atoms with Gasteiger partial charge in [-0.15, -0.1) is 0 Å². The van der Waals surface area contributed by atoms with Crippen molar-refractivity contribution in [2.75, 3.05) is 32.5 Å². The smallest absolute Gasteiger partial charge is 0.221 e. The van der Waals surface area contributed by atoms with E-state index in [0.717, 1.165) is 25.3 Å². The normalized spacial score (nSPS) is 19.9. The molecule has 1 amide bonds. The second-order valence-corrected chi connectivity index (χ2v) is 5.52. The van der Waals surface area contributed by atoms with Crippen LogP contribution in [0, 0.1) is 0 Å². The average Bonchev–Trinajstić information content (AvgIpc) is 2.80. The van der Waals surface area contributed by atoms with Crippen LogP contribution in [-0.2, 0) is 11.3 Å². The van der Waals surface area contributed by atoms with Crippen molar-refractivity contribution in [3.8, 4) is 0 Å². The predicted octanol–water partition coefficient (Wildman–Crippen LogP) is 1.78. The van der Waals surface area contributed by atoms with Crippen LogP contribution in [-0.4, -0.2) is 48.9 Å². The summed E-state index contributed by atoms with van der Waals surface area (Å²) in [5, 5.41) is 2.79. The number of amides is 1. The van der Waals surface area contributed by atoms with Crippen molar-refractivity contribution < 1.29 is 4.79 Å². The molecule has 19 heavy (non-hydrogen) atoms. The molecule has 0 spiro atoms. The molecule has 2 rings (SSSR count). The second-order valence-electron chi connectivity index (χ2n) is 5.52. The van der Waals surface area contributed by atoms with E-state index in [4.69, 9.17) is 0 Å². The number of hydrogen-bond acceptors (Lipinski definition) is 3. The quantitative estimate of drug-likeness (QED) is 0.897. The van der Waals surface area contributed by atoms with Crippen LogP contribution in [0.4, 0.5) is 5.69 Å². The first-order valence-electron chi connectivity index (χ1n) is 6.80. The Bertz CT molecular complexity index is 428. The summed E-state index contributed by atoms with van der Waals surface area (Å²) in [6.07, 6.45) is 1.25. The van der Waals surface area contributed by atoms with Crippen LogP contribution >= 0.6 is 0 Å². The SMILES string of the molecule is CC(=O)Nc1ccc(CN2CC[C@@H](N(C)C)C2)cc1. The topological polar surface area (TPSA) is 35.6 Å². The fourth-order valence-corrected chi connectivity index (χ4v) is 2.53. The third-order valence-corrected chi connectivity index (χ3v) is 3.66. The van der Waals surface area contributed by atoms with Gasteiger partial charge in [0, 0.05) is 38.3 Å². The Morgan fingerprint density at radius 1 is 1.37 bits per heavy atom. The number of carbonyl (C=O) groups excluding carboxylic acids is 1. The summed E-state index contributed by atoms with van der Waals surface area (Å²) in [7, 11) is 4.30. The van der Waals surface area contributed by atoms with Crippen LogP contribution in [0.3, 0.4) is 0 Å². The third-order valence-electron chi connectivity index (χ3n) is 3.66. The number of rotatable bonds is 4. The van der Waals surface area contributed by atoms with Crippen molar-refractivity contribution >= 4 is 11.6 Å². The van der Waals surface area contributed by atoms with Gasteiger partial charge < -0.3 is 10.2 Å². The number of nitrogens with zero attached hydrogens (tertiary/aromatic N) is 2. The van der Waals surface area contributed by atoms with Gasteiger partial charge in [0.25, 0.3) is 0 Å². The monoisotopic (exact) mass is 261 g/mol. The van der Waals surface area contributed by atoms with Gasteiger partial charge in [0.2, 0.25) is 5.91 Å². The zero-order chi connectivity index (χ0) is 13.8. The van der Waals surface area contributed by atoms with Crippen LogP contribution in [0.2, 0.25) is 0 Å². The Morgan fingerprint density at radius 2 is 2.05 bits per heavy atom. The van der Waals surface area contributed by atoms with E-state index in [-0.39, 0.29) is 5.91 Å². The van der Waals surface area contributed by atoms with Gasteiger partial charge >= 0.3 is 0 Å². The van der Waals surface area contributed by atoms with E-state index in [0.29, 0.717) is 6.04 Å². The molecule has 1 heterocycles. The first-order valence-corrected chi connectivity index (χ1v) is 6.80. The number of carbonyl (C=O) groups is 1. The molecule has 1 saturated heterocycles. The lowest BCUT2D eigenvalue weighted by Gasteiger charge is -2.20. The van der Waals surface area contributed by atoms with Crippen molar-refractivity contribution in [1.82, 2.24) is 9.80 Å². The molecule has 0 aromatic heterocycles. The van der Waals surface area contributed by atoms with Crippen LogP contribution in [0.5, 0.6) is 0 Å². The van der Waals surface area contributed by atoms with Crippen molar-refractivity contribution in [3.05, 3.63) is 29.8 Å². The van der Waals surface area contributed by atoms with Gasteiger partial charge in [-0.2, -0.15) is 0 Å². The Balaban J connectivity index is 1.88. The van der Waals surface area contributed by atoms with E-state index in [1.54, 1.807) is 0 Å². The minimum atomic E-state index is -0.0267. The molecule has 1 N–H and O–H groups in total. The van der Waals surface area contributed by atoms with Crippen molar-refractivity contribution in [2.24, 2.45) is 0 Å². The highest BCUT2D eigenvalue weighted by atomic mass is 16.1. The highest BCUT2D eigenvalue weighted by molar-refractivity contribution is 5.88. The molecule has 0 unspecified atom stereocenters. The lowest BCUT2D eigenvalue weighted by molar-refractivity contribution is -0.114. The lowest BCUT2D eigenvalue weighted by Crippen LogP contribution is -2.31. The number of likely N-dealkylation sites (N-methyl/N-ethyl adjacent to an activating group) is 1. The first-order chi connectivity index (χ1) is 9.04. The fraction of sp³-hybridized carbons (Fsp3) is 0.533. The number of benzene rings is 1. The van der Waals surface area contributed by atoms with Gasteiger partial charge in [0.1, 0.15) is 0 Å². The minimum absolute atomic E-state index is 0.0267. The second kappa shape index (κ2) is 6.17. The molecule has 1 aromatic rings. The maximum absolute atomic E-state index is 11.0. The zero-order valence-electron chi connectivity index (χ0n) is 12.0. The summed E-state index contributed by atoms with van der Waals surface area (Å²) in [6, 6.07) is 8.80. The maximum atomic E-state index is 11.0. The maximum Gasteiger partial charge on any atom is 0.221 e. The Hall–Kier alpha value is -1.39. The molecule has 4 nitrogen and oxygen atoms in total. The van der Waals surface area contributed by atoms with Crippen LogP contribution < -0.4 is 5.32 Å². The van der Waals surface area contributed by atoms with Gasteiger partial charge in [-0.1, -0.05) is 12.1 Å². The molecular weight excluding hydrogens is 238 g/mol. The molecule has 1 fully saturated rings. The molecule has 4 heteroatoms. The van der Waals surface area contributed by atoms with E-state index in [1.807, 2.05) is 12.1 Å². The highest BCUT2D eigenvalue weighted by Crippen LogP contribution is 2.17. The summed E-state index contributed by atoms with van der Waals surface area (Å²) in [5.74, 6) is -0.0267. The molecule has 104 valence electrons. The summed E-state index contributed by atoms with van der Waals surface area (Å²) >= 11 is 0. The molecule has 0 saturated carbocycles. The van der Waals surface area contributed by atoms with Gasteiger partial charge in [0.15, 0.2) is 0 Å². The average molecular weight is 261 g/mol. The number of likely N-dealkylation sites (tertiary alicyclic amines) is 1. The minimum Gasteiger partial charge on any atom is -0.326 e. The third kappa shape index (κ3) is 4.04.